The molecule has 0 unspecified atom stereocenters. The van der Waals surface area contributed by atoms with Gasteiger partial charge in [0.25, 0.3) is 0 Å². The molecule has 0 aromatic carbocycles. The fourth-order valence-electron chi connectivity index (χ4n) is 1.09. The van der Waals surface area contributed by atoms with E-state index in [0.717, 1.165) is 6.10 Å². The molecule has 0 aromatic rings. The fraction of sp³-hybridized carbons (Fsp3) is 0.857. The third kappa shape index (κ3) is 0.752. The highest BCUT2D eigenvalue weighted by Crippen LogP contribution is 2.48. The molecule has 0 atom stereocenters. The van der Waals surface area contributed by atoms with Crippen molar-refractivity contribution in [2.75, 3.05) is 0 Å². The Hall–Kier alpha value is -0.0400. The van der Waals surface area contributed by atoms with Gasteiger partial charge in [-0.1, -0.05) is 0 Å². The zero-order valence-corrected chi connectivity index (χ0v) is 4.93. The lowest BCUT2D eigenvalue weighted by molar-refractivity contribution is 0.246. The normalized spacial score (nSPS) is 29.2. The van der Waals surface area contributed by atoms with E-state index >= 15 is 0 Å². The summed E-state index contributed by atoms with van der Waals surface area (Å²) in [5.41, 5.74) is 0. The molecule has 2 aliphatic rings. The van der Waals surface area contributed by atoms with Crippen molar-refractivity contribution in [2.45, 2.75) is 25.7 Å². The summed E-state index contributed by atoms with van der Waals surface area (Å²) < 4.78 is 0. The second-order valence-electron chi connectivity index (χ2n) is 2.97. The maximum absolute atomic E-state index is 9.25. The lowest BCUT2D eigenvalue weighted by atomic mass is 10.1. The van der Waals surface area contributed by atoms with Gasteiger partial charge in [-0.2, -0.15) is 0 Å². The lowest BCUT2D eigenvalue weighted by Gasteiger charge is -2.01. The third-order valence-corrected chi connectivity index (χ3v) is 1.99. The molecule has 45 valence electrons. The van der Waals surface area contributed by atoms with Crippen molar-refractivity contribution >= 4 is 0 Å². The molecule has 2 saturated carbocycles. The molecule has 8 heavy (non-hydrogen) atoms. The minimum absolute atomic E-state index is 0.627. The Morgan fingerprint density at radius 2 is 1.38 bits per heavy atom. The molecule has 2 rings (SSSR count). The summed E-state index contributed by atoms with van der Waals surface area (Å²) in [5.74, 6) is 1.25. The first-order chi connectivity index (χ1) is 3.88. The summed E-state index contributed by atoms with van der Waals surface area (Å²) in [6, 6.07) is 0. The Morgan fingerprint density at radius 3 is 1.62 bits per heavy atom. The Kier molecular flexibility index (Phi) is 0.884. The number of aliphatic hydroxyl groups is 1. The van der Waals surface area contributed by atoms with Crippen LogP contribution in [0.3, 0.4) is 0 Å². The van der Waals surface area contributed by atoms with Gasteiger partial charge in [-0.25, -0.2) is 0 Å². The predicted molar refractivity (Wildman–Crippen MR) is 30.6 cm³/mol. The molecule has 0 aromatic heterocycles. The van der Waals surface area contributed by atoms with Gasteiger partial charge in [0.1, 0.15) is 0 Å². The summed E-state index contributed by atoms with van der Waals surface area (Å²) >= 11 is 0. The molecular formula is C7H11O. The van der Waals surface area contributed by atoms with Crippen LogP contribution in [-0.4, -0.2) is 5.11 Å². The van der Waals surface area contributed by atoms with Crippen LogP contribution < -0.4 is 0 Å². The van der Waals surface area contributed by atoms with E-state index in [1.165, 1.54) is 25.7 Å². The highest BCUT2D eigenvalue weighted by Gasteiger charge is 2.41. The maximum Gasteiger partial charge on any atom is 0.0994 e. The van der Waals surface area contributed by atoms with Crippen LogP contribution >= 0.6 is 0 Å². The van der Waals surface area contributed by atoms with E-state index < -0.39 is 0 Å². The van der Waals surface area contributed by atoms with Crippen molar-refractivity contribution in [3.63, 3.8) is 0 Å². The molecule has 2 aliphatic carbocycles. The van der Waals surface area contributed by atoms with Gasteiger partial charge < -0.3 is 5.11 Å². The predicted octanol–water partition coefficient (Wildman–Crippen LogP) is 1.71. The monoisotopic (exact) mass is 111 g/mol. The van der Waals surface area contributed by atoms with Gasteiger partial charge in [0.15, 0.2) is 0 Å². The van der Waals surface area contributed by atoms with Gasteiger partial charge in [0, 0.05) is 0 Å². The first kappa shape index (κ1) is 4.80. The van der Waals surface area contributed by atoms with Gasteiger partial charge in [0.05, 0.1) is 6.10 Å². The number of hydrogen-bond acceptors (Lipinski definition) is 1. The molecule has 1 radical (unpaired) electrons. The first-order valence-electron chi connectivity index (χ1n) is 3.43. The summed E-state index contributed by atoms with van der Waals surface area (Å²) in [6.07, 6.45) is 5.83. The van der Waals surface area contributed by atoms with E-state index in [1.807, 2.05) is 0 Å². The molecule has 0 spiro atoms. The second kappa shape index (κ2) is 1.47. The summed E-state index contributed by atoms with van der Waals surface area (Å²) in [4.78, 5) is 0. The van der Waals surface area contributed by atoms with Crippen molar-refractivity contribution < 1.29 is 5.11 Å². The molecule has 0 saturated heterocycles. The molecule has 2 fully saturated rings. The Morgan fingerprint density at radius 1 is 1.00 bits per heavy atom. The van der Waals surface area contributed by atoms with E-state index in [1.54, 1.807) is 0 Å². The van der Waals surface area contributed by atoms with Gasteiger partial charge >= 0.3 is 0 Å². The van der Waals surface area contributed by atoms with Crippen molar-refractivity contribution in [3.8, 4) is 0 Å². The third-order valence-electron chi connectivity index (χ3n) is 1.99. The Bertz CT molecular complexity index is 80.6. The van der Waals surface area contributed by atoms with Crippen LogP contribution in [-0.2, 0) is 0 Å². The van der Waals surface area contributed by atoms with Crippen LogP contribution in [0.1, 0.15) is 25.7 Å². The average molecular weight is 111 g/mol. The van der Waals surface area contributed by atoms with E-state index in [9.17, 15) is 5.11 Å². The van der Waals surface area contributed by atoms with Crippen LogP contribution in [0.5, 0.6) is 0 Å². The van der Waals surface area contributed by atoms with Crippen molar-refractivity contribution in [3.05, 3.63) is 6.10 Å². The standard InChI is InChI=1S/C7H11O/c8-7(5-1-2-5)6-3-4-6/h5-6,8H,1-4H2. The van der Waals surface area contributed by atoms with E-state index in [2.05, 4.69) is 0 Å². The second-order valence-corrected chi connectivity index (χ2v) is 2.97. The SMILES string of the molecule is O[C](C1CC1)C1CC1. The summed E-state index contributed by atoms with van der Waals surface area (Å²) in [7, 11) is 0. The van der Waals surface area contributed by atoms with Crippen molar-refractivity contribution in [2.24, 2.45) is 11.8 Å². The topological polar surface area (TPSA) is 20.2 Å². The highest BCUT2D eigenvalue weighted by atomic mass is 16.3. The first-order valence-corrected chi connectivity index (χ1v) is 3.43. The molecule has 1 nitrogen and oxygen atoms in total. The van der Waals surface area contributed by atoms with Crippen LogP contribution in [0.15, 0.2) is 0 Å². The number of aliphatic hydroxyl groups excluding tert-OH is 1. The molecule has 1 N–H and O–H groups in total. The minimum Gasteiger partial charge on any atom is -0.386 e. The zero-order valence-electron chi connectivity index (χ0n) is 4.93. The van der Waals surface area contributed by atoms with Crippen LogP contribution in [0.4, 0.5) is 0 Å². The number of rotatable bonds is 2. The van der Waals surface area contributed by atoms with E-state index in [-0.39, 0.29) is 0 Å². The molecule has 0 heterocycles. The fourth-order valence-corrected chi connectivity index (χ4v) is 1.09. The van der Waals surface area contributed by atoms with Crippen LogP contribution in [0.25, 0.3) is 0 Å². The smallest absolute Gasteiger partial charge is 0.0994 e. The highest BCUT2D eigenvalue weighted by molar-refractivity contribution is 5.04. The Balaban J connectivity index is 1.84. The van der Waals surface area contributed by atoms with Crippen LogP contribution in [0, 0.1) is 17.9 Å². The Labute approximate surface area is 49.7 Å². The lowest BCUT2D eigenvalue weighted by Crippen LogP contribution is -1.99. The molecule has 0 bridgehead atoms. The van der Waals surface area contributed by atoms with Crippen molar-refractivity contribution in [1.82, 2.24) is 0 Å². The van der Waals surface area contributed by atoms with Crippen molar-refractivity contribution in [1.29, 1.82) is 0 Å². The molecule has 0 aliphatic heterocycles. The van der Waals surface area contributed by atoms with Gasteiger partial charge in [-0.3, -0.25) is 0 Å². The average Bonchev–Trinajstić information content (AvgIpc) is 2.63. The molecular weight excluding hydrogens is 100 g/mol. The minimum atomic E-state index is 0.627. The van der Waals surface area contributed by atoms with Gasteiger partial charge in [0.2, 0.25) is 0 Å². The quantitative estimate of drug-likeness (QED) is 0.575. The number of hydrogen-bond donors (Lipinski definition) is 1. The zero-order chi connectivity index (χ0) is 5.56. The van der Waals surface area contributed by atoms with E-state index in [4.69, 9.17) is 0 Å². The maximum atomic E-state index is 9.25. The van der Waals surface area contributed by atoms with Gasteiger partial charge in [-0.15, -0.1) is 0 Å². The van der Waals surface area contributed by atoms with Crippen LogP contribution in [0.2, 0.25) is 0 Å². The van der Waals surface area contributed by atoms with Gasteiger partial charge in [-0.05, 0) is 37.5 Å². The summed E-state index contributed by atoms with van der Waals surface area (Å²) in [6.45, 7) is 0. The molecule has 1 heteroatoms. The van der Waals surface area contributed by atoms with E-state index in [0.29, 0.717) is 11.8 Å². The largest absolute Gasteiger partial charge is 0.386 e. The summed E-state index contributed by atoms with van der Waals surface area (Å²) in [5, 5.41) is 9.25. The molecule has 0 amide bonds.